The number of benzene rings is 1. The number of nitrogens with one attached hydrogen (secondary N) is 1. The van der Waals surface area contributed by atoms with Crippen molar-refractivity contribution in [2.75, 3.05) is 5.32 Å². The van der Waals surface area contributed by atoms with Crippen molar-refractivity contribution in [1.29, 1.82) is 0 Å². The van der Waals surface area contributed by atoms with E-state index in [9.17, 15) is 10.1 Å². The van der Waals surface area contributed by atoms with Crippen LogP contribution in [-0.2, 0) is 13.6 Å². The molecule has 8 heteroatoms. The van der Waals surface area contributed by atoms with Crippen LogP contribution in [0.1, 0.15) is 5.69 Å². The number of hydrogen-bond donors (Lipinski definition) is 1. The number of non-ortho nitro benzene ring substituents is 1. The summed E-state index contributed by atoms with van der Waals surface area (Å²) in [4.78, 5) is 14.4. The highest BCUT2D eigenvalue weighted by atomic mass is 16.6. The highest BCUT2D eigenvalue weighted by Gasteiger charge is 2.11. The predicted octanol–water partition coefficient (Wildman–Crippen LogP) is 2.08. The molecule has 2 heterocycles. The number of aryl methyl sites for hydroxylation is 1. The van der Waals surface area contributed by atoms with Gasteiger partial charge < -0.3 is 9.73 Å². The largest absolute Gasteiger partial charge is 0.423 e. The third kappa shape index (κ3) is 2.18. The molecule has 1 N–H and O–H groups in total. The molecule has 0 aliphatic rings. The normalized spacial score (nSPS) is 10.8. The Morgan fingerprint density at radius 2 is 2.30 bits per heavy atom. The van der Waals surface area contributed by atoms with Crippen LogP contribution in [-0.4, -0.2) is 19.7 Å². The van der Waals surface area contributed by atoms with Gasteiger partial charge in [0.05, 0.1) is 23.2 Å². The van der Waals surface area contributed by atoms with Gasteiger partial charge in [0.1, 0.15) is 5.52 Å². The lowest BCUT2D eigenvalue weighted by Gasteiger charge is -2.01. The summed E-state index contributed by atoms with van der Waals surface area (Å²) in [6.45, 7) is 0.505. The van der Waals surface area contributed by atoms with E-state index in [0.717, 1.165) is 5.69 Å². The molecular formula is C12H11N5O3. The fraction of sp³-hybridized carbons (Fsp3) is 0.167. The van der Waals surface area contributed by atoms with Crippen molar-refractivity contribution in [3.63, 3.8) is 0 Å². The second kappa shape index (κ2) is 4.65. The number of anilines is 1. The highest BCUT2D eigenvalue weighted by Crippen LogP contribution is 2.23. The van der Waals surface area contributed by atoms with Crippen molar-refractivity contribution in [1.82, 2.24) is 14.8 Å². The summed E-state index contributed by atoms with van der Waals surface area (Å²) < 4.78 is 7.18. The number of rotatable bonds is 4. The molecule has 8 nitrogen and oxygen atoms in total. The Kier molecular flexibility index (Phi) is 2.82. The van der Waals surface area contributed by atoms with Crippen LogP contribution in [0.2, 0.25) is 0 Å². The van der Waals surface area contributed by atoms with Gasteiger partial charge in [-0.1, -0.05) is 0 Å². The Bertz CT molecular complexity index is 776. The van der Waals surface area contributed by atoms with Crippen LogP contribution in [0.25, 0.3) is 11.1 Å². The SMILES string of the molecule is Cn1nccc1CNc1nc2ccc([N+](=O)[O-])cc2o1. The number of nitrogens with zero attached hydrogens (tertiary/aromatic N) is 4. The highest BCUT2D eigenvalue weighted by molar-refractivity contribution is 5.77. The zero-order valence-electron chi connectivity index (χ0n) is 10.6. The van der Waals surface area contributed by atoms with Crippen LogP contribution >= 0.6 is 0 Å². The quantitative estimate of drug-likeness (QED) is 0.577. The first kappa shape index (κ1) is 12.2. The minimum atomic E-state index is -0.468. The average Bonchev–Trinajstić information content (AvgIpc) is 3.00. The molecule has 0 radical (unpaired) electrons. The molecule has 0 unspecified atom stereocenters. The third-order valence-electron chi connectivity index (χ3n) is 2.93. The molecule has 0 spiro atoms. The second-order valence-electron chi connectivity index (χ2n) is 4.23. The van der Waals surface area contributed by atoms with Gasteiger partial charge in [-0.25, -0.2) is 0 Å². The maximum Gasteiger partial charge on any atom is 0.296 e. The number of fused-ring (bicyclic) bond motifs is 1. The maximum absolute atomic E-state index is 10.7. The summed E-state index contributed by atoms with van der Waals surface area (Å²) in [7, 11) is 1.84. The van der Waals surface area contributed by atoms with Gasteiger partial charge in [-0.15, -0.1) is 0 Å². The second-order valence-corrected chi connectivity index (χ2v) is 4.23. The summed E-state index contributed by atoms with van der Waals surface area (Å²) in [6.07, 6.45) is 1.70. The van der Waals surface area contributed by atoms with Crippen LogP contribution in [0.3, 0.4) is 0 Å². The molecule has 3 rings (SSSR count). The molecule has 0 saturated heterocycles. The van der Waals surface area contributed by atoms with Gasteiger partial charge in [0, 0.05) is 19.3 Å². The minimum Gasteiger partial charge on any atom is -0.423 e. The van der Waals surface area contributed by atoms with Crippen molar-refractivity contribution in [2.45, 2.75) is 6.54 Å². The number of aromatic nitrogens is 3. The molecule has 3 aromatic rings. The Morgan fingerprint density at radius 1 is 1.45 bits per heavy atom. The minimum absolute atomic E-state index is 0.0214. The monoisotopic (exact) mass is 273 g/mol. The summed E-state index contributed by atoms with van der Waals surface area (Å²) in [6, 6.07) is 6.52. The zero-order chi connectivity index (χ0) is 14.1. The lowest BCUT2D eigenvalue weighted by atomic mass is 10.3. The molecule has 0 saturated carbocycles. The molecule has 20 heavy (non-hydrogen) atoms. The Morgan fingerprint density at radius 3 is 3.00 bits per heavy atom. The number of nitro groups is 1. The predicted molar refractivity (Wildman–Crippen MR) is 71.2 cm³/mol. The molecule has 0 fully saturated rings. The molecule has 0 bridgehead atoms. The van der Waals surface area contributed by atoms with Gasteiger partial charge in [0.25, 0.3) is 11.7 Å². The van der Waals surface area contributed by atoms with Crippen LogP contribution in [0.5, 0.6) is 0 Å². The Balaban J connectivity index is 1.82. The smallest absolute Gasteiger partial charge is 0.296 e. The van der Waals surface area contributed by atoms with Crippen molar-refractivity contribution in [3.05, 3.63) is 46.3 Å². The lowest BCUT2D eigenvalue weighted by molar-refractivity contribution is -0.384. The topological polar surface area (TPSA) is 99.0 Å². The van der Waals surface area contributed by atoms with Gasteiger partial charge in [0.2, 0.25) is 0 Å². The summed E-state index contributed by atoms with van der Waals surface area (Å²) in [5.74, 6) is 0. The van der Waals surface area contributed by atoms with E-state index in [4.69, 9.17) is 4.42 Å². The first-order valence-corrected chi connectivity index (χ1v) is 5.89. The van der Waals surface area contributed by atoms with E-state index >= 15 is 0 Å². The van der Waals surface area contributed by atoms with E-state index in [0.29, 0.717) is 23.7 Å². The van der Waals surface area contributed by atoms with E-state index in [-0.39, 0.29) is 5.69 Å². The van der Waals surface area contributed by atoms with Gasteiger partial charge in [-0.3, -0.25) is 14.8 Å². The Hall–Kier alpha value is -2.90. The Labute approximate surface area is 113 Å². The van der Waals surface area contributed by atoms with E-state index in [1.165, 1.54) is 12.1 Å². The van der Waals surface area contributed by atoms with E-state index in [1.54, 1.807) is 16.9 Å². The van der Waals surface area contributed by atoms with E-state index in [1.807, 2.05) is 13.1 Å². The summed E-state index contributed by atoms with van der Waals surface area (Å²) >= 11 is 0. The molecule has 0 atom stereocenters. The standard InChI is InChI=1S/C12H11N5O3/c1-16-9(4-5-14-16)7-13-12-15-10-3-2-8(17(18)19)6-11(10)20-12/h2-6H,7H2,1H3,(H,13,15). The molecule has 2 aromatic heterocycles. The fourth-order valence-electron chi connectivity index (χ4n) is 1.84. The van der Waals surface area contributed by atoms with Crippen molar-refractivity contribution in [2.24, 2.45) is 7.05 Å². The third-order valence-corrected chi connectivity index (χ3v) is 2.93. The first-order chi connectivity index (χ1) is 9.63. The molecule has 1 aromatic carbocycles. The van der Waals surface area contributed by atoms with Crippen LogP contribution in [0, 0.1) is 10.1 Å². The molecule has 0 aliphatic carbocycles. The number of oxazole rings is 1. The van der Waals surface area contributed by atoms with E-state index < -0.39 is 4.92 Å². The molecule has 102 valence electrons. The van der Waals surface area contributed by atoms with E-state index in [2.05, 4.69) is 15.4 Å². The maximum atomic E-state index is 10.7. The van der Waals surface area contributed by atoms with Gasteiger partial charge >= 0.3 is 0 Å². The van der Waals surface area contributed by atoms with Gasteiger partial charge in [0.15, 0.2) is 5.58 Å². The van der Waals surface area contributed by atoms with Gasteiger partial charge in [-0.05, 0) is 12.1 Å². The lowest BCUT2D eigenvalue weighted by Crippen LogP contribution is -2.05. The molecule has 0 amide bonds. The van der Waals surface area contributed by atoms with Gasteiger partial charge in [-0.2, -0.15) is 10.1 Å². The molecular weight excluding hydrogens is 262 g/mol. The van der Waals surface area contributed by atoms with Crippen LogP contribution < -0.4 is 5.32 Å². The summed E-state index contributed by atoms with van der Waals surface area (Å²) in [5.41, 5.74) is 1.90. The molecule has 0 aliphatic heterocycles. The van der Waals surface area contributed by atoms with Crippen LogP contribution in [0.4, 0.5) is 11.7 Å². The zero-order valence-corrected chi connectivity index (χ0v) is 10.6. The fourth-order valence-corrected chi connectivity index (χ4v) is 1.84. The number of hydrogen-bond acceptors (Lipinski definition) is 6. The average molecular weight is 273 g/mol. The van der Waals surface area contributed by atoms with Crippen molar-refractivity contribution < 1.29 is 9.34 Å². The van der Waals surface area contributed by atoms with Crippen molar-refractivity contribution >= 4 is 22.8 Å². The summed E-state index contributed by atoms with van der Waals surface area (Å²) in [5, 5.41) is 17.8. The van der Waals surface area contributed by atoms with Crippen LogP contribution in [0.15, 0.2) is 34.9 Å². The number of nitro benzene ring substituents is 1. The van der Waals surface area contributed by atoms with Crippen molar-refractivity contribution in [3.8, 4) is 0 Å². The first-order valence-electron chi connectivity index (χ1n) is 5.89.